The highest BCUT2D eigenvalue weighted by atomic mass is 32.2. The van der Waals surface area contributed by atoms with E-state index >= 15 is 0 Å². The van der Waals surface area contributed by atoms with Gasteiger partial charge in [-0.3, -0.25) is 11.3 Å². The Hall–Kier alpha value is -0.300. The summed E-state index contributed by atoms with van der Waals surface area (Å²) < 4.78 is 27.3. The number of hydrogen-bond acceptors (Lipinski definition) is 4. The molecule has 0 aliphatic carbocycles. The van der Waals surface area contributed by atoms with E-state index in [9.17, 15) is 8.78 Å². The molecule has 3 unspecified atom stereocenters. The summed E-state index contributed by atoms with van der Waals surface area (Å²) in [6.45, 7) is 2.12. The third kappa shape index (κ3) is 3.24. The minimum absolute atomic E-state index is 0.157. The lowest BCUT2D eigenvalue weighted by Crippen LogP contribution is -2.42. The highest BCUT2D eigenvalue weighted by Crippen LogP contribution is 2.40. The molecule has 106 valence electrons. The molecule has 19 heavy (non-hydrogen) atoms. The van der Waals surface area contributed by atoms with Crippen LogP contribution in [0.15, 0.2) is 18.2 Å². The first-order chi connectivity index (χ1) is 9.19. The molecule has 0 aromatic heterocycles. The van der Waals surface area contributed by atoms with Crippen molar-refractivity contribution in [2.45, 2.75) is 29.9 Å². The first kappa shape index (κ1) is 15.1. The summed E-state index contributed by atoms with van der Waals surface area (Å²) in [6.07, 6.45) is 0.997. The second-order valence-corrected chi connectivity index (χ2v) is 7.07. The van der Waals surface area contributed by atoms with Crippen molar-refractivity contribution >= 4 is 23.5 Å². The molecule has 6 heteroatoms. The molecule has 1 aliphatic rings. The summed E-state index contributed by atoms with van der Waals surface area (Å²) in [5.74, 6) is 6.11. The third-order valence-electron chi connectivity index (χ3n) is 3.32. The van der Waals surface area contributed by atoms with Crippen LogP contribution in [0.4, 0.5) is 8.78 Å². The fourth-order valence-electron chi connectivity index (χ4n) is 2.37. The first-order valence-corrected chi connectivity index (χ1v) is 8.42. The highest BCUT2D eigenvalue weighted by Gasteiger charge is 2.34. The smallest absolute Gasteiger partial charge is 0.163 e. The minimum atomic E-state index is -0.820. The van der Waals surface area contributed by atoms with Crippen molar-refractivity contribution in [3.8, 4) is 0 Å². The van der Waals surface area contributed by atoms with E-state index in [1.165, 1.54) is 6.07 Å². The Morgan fingerprint density at radius 1 is 1.37 bits per heavy atom. The van der Waals surface area contributed by atoms with Crippen molar-refractivity contribution < 1.29 is 8.78 Å². The van der Waals surface area contributed by atoms with Crippen LogP contribution >= 0.6 is 23.5 Å². The zero-order chi connectivity index (χ0) is 13.8. The second kappa shape index (κ2) is 6.92. The van der Waals surface area contributed by atoms with Gasteiger partial charge in [-0.1, -0.05) is 19.1 Å². The van der Waals surface area contributed by atoms with Crippen LogP contribution in [-0.2, 0) is 0 Å². The molecule has 0 spiro atoms. The van der Waals surface area contributed by atoms with E-state index in [0.29, 0.717) is 10.8 Å². The third-order valence-corrected chi connectivity index (χ3v) is 6.67. The van der Waals surface area contributed by atoms with E-state index in [2.05, 4.69) is 12.3 Å². The Bertz CT molecular complexity index is 431. The van der Waals surface area contributed by atoms with Gasteiger partial charge in [-0.25, -0.2) is 8.78 Å². The molecule has 1 heterocycles. The monoisotopic (exact) mass is 304 g/mol. The molecule has 3 atom stereocenters. The van der Waals surface area contributed by atoms with Gasteiger partial charge in [0.1, 0.15) is 0 Å². The number of halogens is 2. The molecular formula is C13H18F2N2S2. The van der Waals surface area contributed by atoms with Crippen LogP contribution < -0.4 is 11.3 Å². The Morgan fingerprint density at radius 2 is 2.11 bits per heavy atom. The van der Waals surface area contributed by atoms with Gasteiger partial charge < -0.3 is 0 Å². The van der Waals surface area contributed by atoms with E-state index in [-0.39, 0.29) is 11.3 Å². The zero-order valence-electron chi connectivity index (χ0n) is 10.7. The summed E-state index contributed by atoms with van der Waals surface area (Å²) in [5.41, 5.74) is 3.00. The van der Waals surface area contributed by atoms with Crippen molar-refractivity contribution in [2.24, 2.45) is 5.84 Å². The van der Waals surface area contributed by atoms with Crippen molar-refractivity contribution in [3.63, 3.8) is 0 Å². The summed E-state index contributed by atoms with van der Waals surface area (Å²) in [6, 6.07) is 3.90. The van der Waals surface area contributed by atoms with Gasteiger partial charge in [0.25, 0.3) is 0 Å². The highest BCUT2D eigenvalue weighted by molar-refractivity contribution is 8.07. The number of rotatable bonds is 4. The van der Waals surface area contributed by atoms with E-state index < -0.39 is 11.6 Å². The molecule has 0 saturated carbocycles. The molecule has 0 radical (unpaired) electrons. The van der Waals surface area contributed by atoms with Crippen molar-refractivity contribution in [1.29, 1.82) is 0 Å². The quantitative estimate of drug-likeness (QED) is 0.662. The van der Waals surface area contributed by atoms with Gasteiger partial charge in [0.15, 0.2) is 11.6 Å². The average molecular weight is 304 g/mol. The SMILES string of the molecule is CCC1SCCSC1C(NN)c1cccc(F)c1F. The first-order valence-electron chi connectivity index (χ1n) is 6.32. The molecule has 2 rings (SSSR count). The Morgan fingerprint density at radius 3 is 2.79 bits per heavy atom. The summed E-state index contributed by atoms with van der Waals surface area (Å²) in [4.78, 5) is 0. The molecule has 1 aromatic rings. The van der Waals surface area contributed by atoms with Crippen LogP contribution in [0.5, 0.6) is 0 Å². The molecule has 0 bridgehead atoms. The van der Waals surface area contributed by atoms with Crippen molar-refractivity contribution in [1.82, 2.24) is 5.43 Å². The van der Waals surface area contributed by atoms with Gasteiger partial charge in [-0.15, -0.1) is 0 Å². The number of hydrogen-bond donors (Lipinski definition) is 2. The fraction of sp³-hybridized carbons (Fsp3) is 0.538. The lowest BCUT2D eigenvalue weighted by molar-refractivity contribution is 0.452. The summed E-state index contributed by atoms with van der Waals surface area (Å²) >= 11 is 3.67. The molecule has 2 nitrogen and oxygen atoms in total. The van der Waals surface area contributed by atoms with Gasteiger partial charge in [0, 0.05) is 27.6 Å². The maximum atomic E-state index is 13.9. The number of nitrogens with one attached hydrogen (secondary N) is 1. The van der Waals surface area contributed by atoms with Gasteiger partial charge in [0.05, 0.1) is 6.04 Å². The largest absolute Gasteiger partial charge is 0.271 e. The van der Waals surface area contributed by atoms with Crippen LogP contribution in [0.3, 0.4) is 0 Å². The van der Waals surface area contributed by atoms with Gasteiger partial charge in [-0.05, 0) is 12.5 Å². The zero-order valence-corrected chi connectivity index (χ0v) is 12.4. The van der Waals surface area contributed by atoms with E-state index in [1.54, 1.807) is 17.8 Å². The Kier molecular flexibility index (Phi) is 5.50. The topological polar surface area (TPSA) is 38.0 Å². The standard InChI is InChI=1S/C13H18F2N2S2/c1-2-10-13(19-7-6-18-10)12(17-16)8-4-3-5-9(14)11(8)15/h3-5,10,12-13,17H,2,6-7,16H2,1H3. The fourth-order valence-corrected chi connectivity index (χ4v) is 5.59. The van der Waals surface area contributed by atoms with Gasteiger partial charge in [0.2, 0.25) is 0 Å². The maximum absolute atomic E-state index is 13.9. The predicted molar refractivity (Wildman–Crippen MR) is 79.2 cm³/mol. The molecule has 1 fully saturated rings. The number of hydrazine groups is 1. The van der Waals surface area contributed by atoms with E-state index in [0.717, 1.165) is 24.0 Å². The van der Waals surface area contributed by atoms with Gasteiger partial charge in [-0.2, -0.15) is 23.5 Å². The van der Waals surface area contributed by atoms with Crippen molar-refractivity contribution in [3.05, 3.63) is 35.4 Å². The molecule has 3 N–H and O–H groups in total. The minimum Gasteiger partial charge on any atom is -0.271 e. The molecule has 1 saturated heterocycles. The lowest BCUT2D eigenvalue weighted by atomic mass is 10.00. The van der Waals surface area contributed by atoms with Crippen LogP contribution in [0.1, 0.15) is 24.9 Å². The summed E-state index contributed by atoms with van der Waals surface area (Å²) in [7, 11) is 0. The second-order valence-electron chi connectivity index (χ2n) is 4.44. The van der Waals surface area contributed by atoms with Crippen LogP contribution in [0, 0.1) is 11.6 Å². The van der Waals surface area contributed by atoms with Crippen molar-refractivity contribution in [2.75, 3.05) is 11.5 Å². The normalized spacial score (nSPS) is 25.3. The number of nitrogens with two attached hydrogens (primary N) is 1. The number of benzene rings is 1. The lowest BCUT2D eigenvalue weighted by Gasteiger charge is -2.35. The maximum Gasteiger partial charge on any atom is 0.163 e. The molecule has 0 amide bonds. The summed E-state index contributed by atoms with van der Waals surface area (Å²) in [5, 5.41) is 0.563. The number of thioether (sulfide) groups is 2. The molecule has 1 aromatic carbocycles. The molecule has 1 aliphatic heterocycles. The predicted octanol–water partition coefficient (Wildman–Crippen LogP) is 3.10. The van der Waals surface area contributed by atoms with Crippen LogP contribution in [0.2, 0.25) is 0 Å². The average Bonchev–Trinajstić information content (AvgIpc) is 2.45. The van der Waals surface area contributed by atoms with Crippen LogP contribution in [-0.4, -0.2) is 22.0 Å². The Labute approximate surface area is 120 Å². The van der Waals surface area contributed by atoms with Crippen LogP contribution in [0.25, 0.3) is 0 Å². The Balaban J connectivity index is 2.30. The van der Waals surface area contributed by atoms with Gasteiger partial charge >= 0.3 is 0 Å². The van der Waals surface area contributed by atoms with E-state index in [4.69, 9.17) is 5.84 Å². The van der Waals surface area contributed by atoms with E-state index in [1.807, 2.05) is 11.8 Å². The molecular weight excluding hydrogens is 286 g/mol.